The Labute approximate surface area is 121 Å². The van der Waals surface area contributed by atoms with Crippen LogP contribution in [0.4, 0.5) is 14.5 Å². The molecule has 0 bridgehead atoms. The van der Waals surface area contributed by atoms with Gasteiger partial charge in [0.05, 0.1) is 17.8 Å². The molecule has 3 nitrogen and oxygen atoms in total. The van der Waals surface area contributed by atoms with Gasteiger partial charge in [-0.05, 0) is 37.3 Å². The molecule has 0 aromatic heterocycles. The lowest BCUT2D eigenvalue weighted by Gasteiger charge is -2.21. The molecule has 2 atom stereocenters. The molecule has 3 rings (SSSR count). The largest absolute Gasteiger partial charge is 0.389 e. The third kappa shape index (κ3) is 2.50. The van der Waals surface area contributed by atoms with Crippen molar-refractivity contribution in [3.8, 4) is 0 Å². The average molecular weight is 298 g/mol. The van der Waals surface area contributed by atoms with E-state index in [0.29, 0.717) is 12.5 Å². The first kappa shape index (κ1) is 13.7. The highest BCUT2D eigenvalue weighted by molar-refractivity contribution is 7.80. The van der Waals surface area contributed by atoms with Gasteiger partial charge in [0.15, 0.2) is 11.6 Å². The lowest BCUT2D eigenvalue weighted by molar-refractivity contribution is 0.0898. The molecule has 1 saturated carbocycles. The van der Waals surface area contributed by atoms with Crippen molar-refractivity contribution in [1.82, 2.24) is 0 Å². The van der Waals surface area contributed by atoms with E-state index in [-0.39, 0.29) is 28.4 Å². The first-order chi connectivity index (χ1) is 9.58. The summed E-state index contributed by atoms with van der Waals surface area (Å²) in [5, 5.41) is 3.06. The molecule has 1 heterocycles. The Kier molecular flexibility index (Phi) is 3.60. The smallest absolute Gasteiger partial charge is 0.182 e. The van der Waals surface area contributed by atoms with E-state index in [2.05, 4.69) is 17.5 Å². The van der Waals surface area contributed by atoms with E-state index >= 15 is 0 Å². The number of thiocarbonyl (C=S) groups is 1. The van der Waals surface area contributed by atoms with Crippen LogP contribution in [0.25, 0.3) is 0 Å². The highest BCUT2D eigenvalue weighted by atomic mass is 32.1. The van der Waals surface area contributed by atoms with Crippen molar-refractivity contribution >= 4 is 22.9 Å². The van der Waals surface area contributed by atoms with Crippen molar-refractivity contribution < 1.29 is 13.5 Å². The predicted octanol–water partition coefficient (Wildman–Crippen LogP) is 2.58. The van der Waals surface area contributed by atoms with Crippen LogP contribution in [0.5, 0.6) is 0 Å². The first-order valence-electron chi connectivity index (χ1n) is 6.74. The summed E-state index contributed by atoms with van der Waals surface area (Å²) < 4.78 is 33.5. The number of halogens is 2. The molecule has 1 aliphatic carbocycles. The molecule has 2 aliphatic rings. The van der Waals surface area contributed by atoms with E-state index in [1.165, 1.54) is 12.1 Å². The third-order valence-corrected chi connectivity index (χ3v) is 4.13. The molecule has 2 unspecified atom stereocenters. The first-order valence-corrected chi connectivity index (χ1v) is 7.14. The second-order valence-corrected chi connectivity index (χ2v) is 5.81. The zero-order valence-corrected chi connectivity index (χ0v) is 11.7. The van der Waals surface area contributed by atoms with E-state index in [9.17, 15) is 8.78 Å². The van der Waals surface area contributed by atoms with Crippen molar-refractivity contribution in [2.75, 3.05) is 11.9 Å². The number of nitrogens with one attached hydrogen (secondary N) is 1. The topological polar surface area (TPSA) is 47.3 Å². The van der Waals surface area contributed by atoms with Crippen molar-refractivity contribution in [3.63, 3.8) is 0 Å². The van der Waals surface area contributed by atoms with Gasteiger partial charge in [-0.1, -0.05) is 12.2 Å². The summed E-state index contributed by atoms with van der Waals surface area (Å²) in [6.07, 6.45) is 3.21. The number of hydrogen-bond acceptors (Lipinski definition) is 3. The van der Waals surface area contributed by atoms with Crippen LogP contribution in [0.15, 0.2) is 12.1 Å². The highest BCUT2D eigenvalue weighted by Crippen LogP contribution is 2.39. The minimum atomic E-state index is -0.996. The zero-order valence-electron chi connectivity index (χ0n) is 10.9. The van der Waals surface area contributed by atoms with Gasteiger partial charge in [-0.15, -0.1) is 0 Å². The van der Waals surface area contributed by atoms with E-state index in [0.717, 1.165) is 19.3 Å². The quantitative estimate of drug-likeness (QED) is 0.839. The molecule has 3 N–H and O–H groups in total. The molecule has 1 aliphatic heterocycles. The van der Waals surface area contributed by atoms with Crippen LogP contribution in [0.2, 0.25) is 0 Å². The van der Waals surface area contributed by atoms with Crippen LogP contribution >= 0.6 is 12.2 Å². The number of ether oxygens (including phenoxy) is 1. The van der Waals surface area contributed by atoms with Gasteiger partial charge in [-0.3, -0.25) is 0 Å². The van der Waals surface area contributed by atoms with Crippen molar-refractivity contribution in [2.24, 2.45) is 11.7 Å². The Morgan fingerprint density at radius 2 is 2.00 bits per heavy atom. The molecule has 0 radical (unpaired) electrons. The molecule has 20 heavy (non-hydrogen) atoms. The highest BCUT2D eigenvalue weighted by Gasteiger charge is 2.40. The second kappa shape index (κ2) is 5.26. The molecule has 0 amide bonds. The predicted molar refractivity (Wildman–Crippen MR) is 76.7 cm³/mol. The molecule has 1 saturated heterocycles. The van der Waals surface area contributed by atoms with Crippen molar-refractivity contribution in [1.29, 1.82) is 0 Å². The third-order valence-electron chi connectivity index (χ3n) is 3.91. The molecule has 0 spiro atoms. The van der Waals surface area contributed by atoms with Gasteiger partial charge in [-0.2, -0.15) is 0 Å². The van der Waals surface area contributed by atoms with Crippen LogP contribution in [-0.2, 0) is 4.74 Å². The van der Waals surface area contributed by atoms with Crippen LogP contribution in [0.3, 0.4) is 0 Å². The lowest BCUT2D eigenvalue weighted by atomic mass is 10.1. The van der Waals surface area contributed by atoms with E-state index in [4.69, 9.17) is 10.5 Å². The Balaban J connectivity index is 1.80. The lowest BCUT2D eigenvalue weighted by Crippen LogP contribution is -2.31. The fraction of sp³-hybridized carbons (Fsp3) is 0.500. The Bertz CT molecular complexity index is 548. The minimum Gasteiger partial charge on any atom is -0.389 e. The van der Waals surface area contributed by atoms with Gasteiger partial charge in [0.2, 0.25) is 0 Å². The summed E-state index contributed by atoms with van der Waals surface area (Å²) in [4.78, 5) is -0.145. The zero-order chi connectivity index (χ0) is 14.3. The molecular formula is C14H16F2N2OS. The van der Waals surface area contributed by atoms with Crippen LogP contribution in [0, 0.1) is 17.6 Å². The Morgan fingerprint density at radius 1 is 1.25 bits per heavy atom. The van der Waals surface area contributed by atoms with Crippen molar-refractivity contribution in [3.05, 3.63) is 29.3 Å². The van der Waals surface area contributed by atoms with Crippen LogP contribution in [-0.4, -0.2) is 23.7 Å². The Hall–Kier alpha value is -1.27. The molecule has 6 heteroatoms. The molecule has 1 aromatic carbocycles. The van der Waals surface area contributed by atoms with Gasteiger partial charge in [-0.25, -0.2) is 8.78 Å². The van der Waals surface area contributed by atoms with E-state index in [1.807, 2.05) is 0 Å². The summed E-state index contributed by atoms with van der Waals surface area (Å²) in [6.45, 7) is 0.661. The molecule has 108 valence electrons. The van der Waals surface area contributed by atoms with Crippen molar-refractivity contribution in [2.45, 2.75) is 31.4 Å². The minimum absolute atomic E-state index is 0.0343. The maximum Gasteiger partial charge on any atom is 0.182 e. The SMILES string of the molecule is NC(=S)c1ccc(NC2CCOC2C2CC2)c(F)c1F. The monoisotopic (exact) mass is 298 g/mol. The standard InChI is InChI=1S/C14H16F2N2OS/c15-11-8(14(17)20)3-4-9(12(11)16)18-10-5-6-19-13(10)7-1-2-7/h3-4,7,10,13,18H,1-2,5-6H2,(H2,17,20). The maximum absolute atomic E-state index is 14.0. The fourth-order valence-corrected chi connectivity index (χ4v) is 2.86. The number of nitrogens with two attached hydrogens (primary N) is 1. The molecule has 1 aromatic rings. The maximum atomic E-state index is 14.0. The number of hydrogen-bond donors (Lipinski definition) is 2. The molecule has 2 fully saturated rings. The average Bonchev–Trinajstić information content (AvgIpc) is 3.15. The van der Waals surface area contributed by atoms with E-state index in [1.54, 1.807) is 0 Å². The van der Waals surface area contributed by atoms with E-state index < -0.39 is 11.6 Å². The summed E-state index contributed by atoms with van der Waals surface area (Å²) in [7, 11) is 0. The van der Waals surface area contributed by atoms with Crippen LogP contribution in [0.1, 0.15) is 24.8 Å². The van der Waals surface area contributed by atoms with Gasteiger partial charge in [0.1, 0.15) is 4.99 Å². The summed E-state index contributed by atoms with van der Waals surface area (Å²) in [5.41, 5.74) is 5.43. The van der Waals surface area contributed by atoms with Gasteiger partial charge >= 0.3 is 0 Å². The number of rotatable bonds is 4. The summed E-state index contributed by atoms with van der Waals surface area (Å²) in [5.74, 6) is -1.38. The molecular weight excluding hydrogens is 282 g/mol. The normalized spacial score (nSPS) is 25.7. The Morgan fingerprint density at radius 3 is 2.65 bits per heavy atom. The second-order valence-electron chi connectivity index (χ2n) is 5.37. The number of benzene rings is 1. The number of anilines is 1. The van der Waals surface area contributed by atoms with Gasteiger partial charge in [0.25, 0.3) is 0 Å². The van der Waals surface area contributed by atoms with Gasteiger partial charge < -0.3 is 15.8 Å². The summed E-state index contributed by atoms with van der Waals surface area (Å²) >= 11 is 4.69. The fourth-order valence-electron chi connectivity index (χ4n) is 2.71. The van der Waals surface area contributed by atoms with Gasteiger partial charge in [0, 0.05) is 12.2 Å². The van der Waals surface area contributed by atoms with Crippen LogP contribution < -0.4 is 11.1 Å². The summed E-state index contributed by atoms with van der Waals surface area (Å²) in [6, 6.07) is 2.92.